The van der Waals surface area contributed by atoms with Gasteiger partial charge in [-0.25, -0.2) is 0 Å². The normalized spacial score (nSPS) is 12.2. The van der Waals surface area contributed by atoms with Crippen LogP contribution in [0.15, 0.2) is 12.2 Å². The van der Waals surface area contributed by atoms with Crippen molar-refractivity contribution in [1.82, 2.24) is 5.32 Å². The van der Waals surface area contributed by atoms with Crippen molar-refractivity contribution in [1.29, 1.82) is 0 Å². The second-order valence-corrected chi connectivity index (χ2v) is 3.97. The van der Waals surface area contributed by atoms with E-state index in [9.17, 15) is 9.90 Å². The third-order valence-corrected chi connectivity index (χ3v) is 2.27. The smallest absolute Gasteiger partial charge is 0.248 e. The molecule has 0 aromatic heterocycles. The van der Waals surface area contributed by atoms with Gasteiger partial charge in [-0.05, 0) is 19.8 Å². The van der Waals surface area contributed by atoms with Gasteiger partial charge in [0, 0.05) is 5.57 Å². The summed E-state index contributed by atoms with van der Waals surface area (Å²) in [7, 11) is 0. The fourth-order valence-corrected chi connectivity index (χ4v) is 1.29. The van der Waals surface area contributed by atoms with Crippen LogP contribution in [0.5, 0.6) is 0 Å². The molecular formula is C12H23NO2. The molecule has 0 saturated heterocycles. The number of aliphatic hydroxyl groups is 1. The van der Waals surface area contributed by atoms with Crippen LogP contribution in [0.2, 0.25) is 0 Å². The molecule has 0 rings (SSSR count). The van der Waals surface area contributed by atoms with Crippen LogP contribution in [-0.4, -0.2) is 17.2 Å². The molecule has 0 aromatic rings. The largest absolute Gasteiger partial charge is 0.374 e. The number of carbonyl (C=O) groups excluding carboxylic acids is 1. The molecule has 0 aliphatic rings. The molecule has 0 saturated carbocycles. The third kappa shape index (κ3) is 8.18. The fourth-order valence-electron chi connectivity index (χ4n) is 1.29. The van der Waals surface area contributed by atoms with Crippen molar-refractivity contribution >= 4 is 5.91 Å². The topological polar surface area (TPSA) is 49.3 Å². The number of hydrogen-bond acceptors (Lipinski definition) is 2. The van der Waals surface area contributed by atoms with Gasteiger partial charge in [0.05, 0.1) is 0 Å². The van der Waals surface area contributed by atoms with Crippen LogP contribution in [0.4, 0.5) is 0 Å². The van der Waals surface area contributed by atoms with Crippen LogP contribution >= 0.6 is 0 Å². The van der Waals surface area contributed by atoms with E-state index < -0.39 is 6.23 Å². The average molecular weight is 213 g/mol. The molecule has 15 heavy (non-hydrogen) atoms. The molecule has 3 heteroatoms. The predicted molar refractivity (Wildman–Crippen MR) is 62.3 cm³/mol. The Kier molecular flexibility index (Phi) is 8.01. The van der Waals surface area contributed by atoms with E-state index in [1.165, 1.54) is 19.3 Å². The van der Waals surface area contributed by atoms with E-state index in [0.29, 0.717) is 12.0 Å². The van der Waals surface area contributed by atoms with Gasteiger partial charge in [0.25, 0.3) is 0 Å². The molecule has 2 N–H and O–H groups in total. The van der Waals surface area contributed by atoms with Gasteiger partial charge >= 0.3 is 0 Å². The lowest BCUT2D eigenvalue weighted by Gasteiger charge is -2.12. The van der Waals surface area contributed by atoms with Crippen LogP contribution in [0.1, 0.15) is 52.4 Å². The highest BCUT2D eigenvalue weighted by molar-refractivity contribution is 5.92. The maximum absolute atomic E-state index is 11.1. The summed E-state index contributed by atoms with van der Waals surface area (Å²) in [4.78, 5) is 11.1. The predicted octanol–water partition coefficient (Wildman–Crippen LogP) is 2.36. The Balaban J connectivity index is 3.45. The Morgan fingerprint density at radius 3 is 2.47 bits per heavy atom. The van der Waals surface area contributed by atoms with E-state index in [4.69, 9.17) is 0 Å². The molecule has 1 unspecified atom stereocenters. The van der Waals surface area contributed by atoms with Crippen molar-refractivity contribution in [2.24, 2.45) is 0 Å². The molecule has 0 radical (unpaired) electrons. The number of carbonyl (C=O) groups is 1. The van der Waals surface area contributed by atoms with Crippen molar-refractivity contribution in [3.63, 3.8) is 0 Å². The minimum Gasteiger partial charge on any atom is -0.374 e. The van der Waals surface area contributed by atoms with Gasteiger partial charge in [-0.3, -0.25) is 4.79 Å². The summed E-state index contributed by atoms with van der Waals surface area (Å²) >= 11 is 0. The maximum atomic E-state index is 11.1. The van der Waals surface area contributed by atoms with Gasteiger partial charge in [-0.1, -0.05) is 39.2 Å². The minimum absolute atomic E-state index is 0.268. The standard InChI is InChI=1S/C12H23NO2/c1-4-5-6-7-8-9-11(14)13-12(15)10(2)3/h11,14H,2,4-9H2,1,3H3,(H,13,15). The van der Waals surface area contributed by atoms with E-state index in [-0.39, 0.29) is 5.91 Å². The van der Waals surface area contributed by atoms with Crippen LogP contribution < -0.4 is 5.32 Å². The zero-order valence-electron chi connectivity index (χ0n) is 9.88. The summed E-state index contributed by atoms with van der Waals surface area (Å²) in [6, 6.07) is 0. The molecule has 1 amide bonds. The zero-order valence-corrected chi connectivity index (χ0v) is 9.88. The van der Waals surface area contributed by atoms with Gasteiger partial charge in [0.2, 0.25) is 5.91 Å². The van der Waals surface area contributed by atoms with Crippen molar-refractivity contribution in [3.05, 3.63) is 12.2 Å². The van der Waals surface area contributed by atoms with E-state index in [2.05, 4.69) is 18.8 Å². The highest BCUT2D eigenvalue weighted by atomic mass is 16.3. The Labute approximate surface area is 92.6 Å². The van der Waals surface area contributed by atoms with Gasteiger partial charge in [0.15, 0.2) is 0 Å². The van der Waals surface area contributed by atoms with E-state index in [1.54, 1.807) is 6.92 Å². The van der Waals surface area contributed by atoms with Gasteiger partial charge in [-0.15, -0.1) is 0 Å². The average Bonchev–Trinajstić information content (AvgIpc) is 2.17. The highest BCUT2D eigenvalue weighted by Gasteiger charge is 2.08. The number of amides is 1. The van der Waals surface area contributed by atoms with E-state index in [0.717, 1.165) is 12.8 Å². The lowest BCUT2D eigenvalue weighted by atomic mass is 10.1. The van der Waals surface area contributed by atoms with Crippen molar-refractivity contribution in [2.45, 2.75) is 58.6 Å². The van der Waals surface area contributed by atoms with Gasteiger partial charge < -0.3 is 10.4 Å². The molecule has 88 valence electrons. The molecule has 0 heterocycles. The van der Waals surface area contributed by atoms with Crippen molar-refractivity contribution < 1.29 is 9.90 Å². The van der Waals surface area contributed by atoms with Gasteiger partial charge in [0.1, 0.15) is 6.23 Å². The molecule has 0 fully saturated rings. The van der Waals surface area contributed by atoms with Crippen molar-refractivity contribution in [2.75, 3.05) is 0 Å². The molecular weight excluding hydrogens is 190 g/mol. The molecule has 0 bridgehead atoms. The summed E-state index contributed by atoms with van der Waals surface area (Å²) in [5, 5.41) is 11.9. The first kappa shape index (κ1) is 14.2. The summed E-state index contributed by atoms with van der Waals surface area (Å²) in [5.74, 6) is -0.268. The fraction of sp³-hybridized carbons (Fsp3) is 0.750. The van der Waals surface area contributed by atoms with Gasteiger partial charge in [-0.2, -0.15) is 0 Å². The zero-order chi connectivity index (χ0) is 11.7. The molecule has 1 atom stereocenters. The number of unbranched alkanes of at least 4 members (excludes halogenated alkanes) is 4. The van der Waals surface area contributed by atoms with Crippen molar-refractivity contribution in [3.8, 4) is 0 Å². The van der Waals surface area contributed by atoms with E-state index >= 15 is 0 Å². The second-order valence-electron chi connectivity index (χ2n) is 3.97. The summed E-state index contributed by atoms with van der Waals surface area (Å²) < 4.78 is 0. The Morgan fingerprint density at radius 2 is 1.93 bits per heavy atom. The number of aliphatic hydroxyl groups excluding tert-OH is 1. The first-order valence-corrected chi connectivity index (χ1v) is 5.72. The molecule has 0 aromatic carbocycles. The molecule has 3 nitrogen and oxygen atoms in total. The Morgan fingerprint density at radius 1 is 1.33 bits per heavy atom. The maximum Gasteiger partial charge on any atom is 0.248 e. The molecule has 0 spiro atoms. The quantitative estimate of drug-likeness (QED) is 0.369. The van der Waals surface area contributed by atoms with Crippen LogP contribution in [-0.2, 0) is 4.79 Å². The minimum atomic E-state index is -0.726. The molecule has 0 aliphatic heterocycles. The monoisotopic (exact) mass is 213 g/mol. The Bertz CT molecular complexity index is 202. The molecule has 0 aliphatic carbocycles. The summed E-state index contributed by atoms with van der Waals surface area (Å²) in [6.45, 7) is 7.30. The van der Waals surface area contributed by atoms with Crippen LogP contribution in [0.25, 0.3) is 0 Å². The number of nitrogens with one attached hydrogen (secondary N) is 1. The first-order chi connectivity index (χ1) is 7.07. The Hall–Kier alpha value is -0.830. The van der Waals surface area contributed by atoms with Crippen LogP contribution in [0.3, 0.4) is 0 Å². The first-order valence-electron chi connectivity index (χ1n) is 5.72. The second kappa shape index (κ2) is 8.48. The number of hydrogen-bond donors (Lipinski definition) is 2. The number of rotatable bonds is 8. The third-order valence-electron chi connectivity index (χ3n) is 2.27. The lowest BCUT2D eigenvalue weighted by Crippen LogP contribution is -2.34. The summed E-state index contributed by atoms with van der Waals surface area (Å²) in [6.07, 6.45) is 5.64. The van der Waals surface area contributed by atoms with E-state index in [1.807, 2.05) is 0 Å². The summed E-state index contributed by atoms with van der Waals surface area (Å²) in [5.41, 5.74) is 0.431. The lowest BCUT2D eigenvalue weighted by molar-refractivity contribution is -0.120. The highest BCUT2D eigenvalue weighted by Crippen LogP contribution is 2.06. The van der Waals surface area contributed by atoms with Crippen LogP contribution in [0, 0.1) is 0 Å². The SMILES string of the molecule is C=C(C)C(=O)NC(O)CCCCCCC.